The molecular formula is C11H13FN2O6S. The molecule has 1 rings (SSSR count). The Balaban J connectivity index is 3.21. The van der Waals surface area contributed by atoms with Crippen LogP contribution in [0.25, 0.3) is 0 Å². The standard InChI is InChI=1S/C11H13FN2O6S/c1-2-3-9(11(15)16)13-21(19,20)10-6-7(14(17)18)4-5-8(10)12/h4-6,9,13H,2-3H2,1H3,(H,15,16)/t9-/m1/s1. The van der Waals surface area contributed by atoms with Gasteiger partial charge < -0.3 is 5.11 Å². The fourth-order valence-corrected chi connectivity index (χ4v) is 2.90. The number of rotatable bonds is 7. The summed E-state index contributed by atoms with van der Waals surface area (Å²) >= 11 is 0. The number of halogens is 1. The average molecular weight is 320 g/mol. The molecule has 0 amide bonds. The number of sulfonamides is 1. The molecule has 1 aromatic rings. The second kappa shape index (κ2) is 6.59. The normalized spacial score (nSPS) is 12.9. The van der Waals surface area contributed by atoms with Gasteiger partial charge in [-0.05, 0) is 12.5 Å². The number of carboxylic acids is 1. The van der Waals surface area contributed by atoms with E-state index in [1.54, 1.807) is 6.92 Å². The number of hydrogen-bond donors (Lipinski definition) is 2. The van der Waals surface area contributed by atoms with Crippen molar-refractivity contribution in [3.8, 4) is 0 Å². The SMILES string of the molecule is CCC[C@@H](NS(=O)(=O)c1cc([N+](=O)[O-])ccc1F)C(=O)O. The van der Waals surface area contributed by atoms with Gasteiger partial charge in [-0.3, -0.25) is 14.9 Å². The van der Waals surface area contributed by atoms with Crippen molar-refractivity contribution in [3.05, 3.63) is 34.1 Å². The summed E-state index contributed by atoms with van der Waals surface area (Å²) in [5, 5.41) is 19.5. The van der Waals surface area contributed by atoms with Crippen molar-refractivity contribution < 1.29 is 27.6 Å². The fourth-order valence-electron chi connectivity index (χ4n) is 1.58. The summed E-state index contributed by atoms with van der Waals surface area (Å²) in [7, 11) is -4.52. The van der Waals surface area contributed by atoms with Gasteiger partial charge in [-0.15, -0.1) is 0 Å². The molecule has 0 aromatic heterocycles. The second-order valence-electron chi connectivity index (χ2n) is 4.17. The molecule has 0 saturated carbocycles. The van der Waals surface area contributed by atoms with E-state index in [1.165, 1.54) is 0 Å². The first-order chi connectivity index (χ1) is 9.69. The van der Waals surface area contributed by atoms with Gasteiger partial charge in [-0.25, -0.2) is 12.8 Å². The lowest BCUT2D eigenvalue weighted by Gasteiger charge is -2.14. The zero-order chi connectivity index (χ0) is 16.2. The third-order valence-corrected chi connectivity index (χ3v) is 4.07. The minimum absolute atomic E-state index is 0.00507. The average Bonchev–Trinajstić information content (AvgIpc) is 2.37. The van der Waals surface area contributed by atoms with Gasteiger partial charge in [0.1, 0.15) is 16.8 Å². The third-order valence-electron chi connectivity index (χ3n) is 2.59. The van der Waals surface area contributed by atoms with Gasteiger partial charge in [-0.1, -0.05) is 13.3 Å². The molecule has 0 spiro atoms. The van der Waals surface area contributed by atoms with Gasteiger partial charge >= 0.3 is 5.97 Å². The van der Waals surface area contributed by atoms with Crippen LogP contribution < -0.4 is 4.72 Å². The summed E-state index contributed by atoms with van der Waals surface area (Å²) in [5.74, 6) is -2.61. The number of nitro groups is 1. The summed E-state index contributed by atoms with van der Waals surface area (Å²) in [6.07, 6.45) is 0.391. The molecule has 0 fully saturated rings. The Hall–Kier alpha value is -2.07. The largest absolute Gasteiger partial charge is 0.480 e. The molecule has 1 atom stereocenters. The van der Waals surface area contributed by atoms with Crippen LogP contribution in [0.5, 0.6) is 0 Å². The number of non-ortho nitro benzene ring substituents is 1. The summed E-state index contributed by atoms with van der Waals surface area (Å²) in [6, 6.07) is 0.568. The van der Waals surface area contributed by atoms with E-state index < -0.39 is 43.4 Å². The van der Waals surface area contributed by atoms with Gasteiger partial charge in [0.15, 0.2) is 0 Å². The topological polar surface area (TPSA) is 127 Å². The van der Waals surface area contributed by atoms with Crippen molar-refractivity contribution in [2.24, 2.45) is 0 Å². The van der Waals surface area contributed by atoms with Crippen LogP contribution in [-0.4, -0.2) is 30.5 Å². The van der Waals surface area contributed by atoms with Gasteiger partial charge in [0.05, 0.1) is 4.92 Å². The van der Waals surface area contributed by atoms with Crippen LogP contribution in [0.2, 0.25) is 0 Å². The number of nitro benzene ring substituents is 1. The van der Waals surface area contributed by atoms with Crippen molar-refractivity contribution in [2.75, 3.05) is 0 Å². The van der Waals surface area contributed by atoms with E-state index in [-0.39, 0.29) is 6.42 Å². The number of nitrogens with zero attached hydrogens (tertiary/aromatic N) is 1. The monoisotopic (exact) mass is 320 g/mol. The highest BCUT2D eigenvalue weighted by Gasteiger charge is 2.28. The van der Waals surface area contributed by atoms with Crippen molar-refractivity contribution in [1.82, 2.24) is 4.72 Å². The lowest BCUT2D eigenvalue weighted by molar-refractivity contribution is -0.385. The molecule has 0 aliphatic carbocycles. The Morgan fingerprint density at radius 1 is 1.52 bits per heavy atom. The van der Waals surface area contributed by atoms with E-state index in [2.05, 4.69) is 0 Å². The van der Waals surface area contributed by atoms with Crippen molar-refractivity contribution in [1.29, 1.82) is 0 Å². The zero-order valence-electron chi connectivity index (χ0n) is 10.9. The number of benzene rings is 1. The van der Waals surface area contributed by atoms with Crippen LogP contribution in [0.1, 0.15) is 19.8 Å². The lowest BCUT2D eigenvalue weighted by Crippen LogP contribution is -2.40. The number of nitrogens with one attached hydrogen (secondary N) is 1. The molecule has 0 bridgehead atoms. The minimum Gasteiger partial charge on any atom is -0.480 e. The van der Waals surface area contributed by atoms with Gasteiger partial charge in [-0.2, -0.15) is 4.72 Å². The highest BCUT2D eigenvalue weighted by atomic mass is 32.2. The lowest BCUT2D eigenvalue weighted by atomic mass is 10.2. The molecule has 0 unspecified atom stereocenters. The summed E-state index contributed by atoms with van der Waals surface area (Å²) in [4.78, 5) is 19.7. The molecule has 0 aliphatic heterocycles. The van der Waals surface area contributed by atoms with Gasteiger partial charge in [0, 0.05) is 12.1 Å². The highest BCUT2D eigenvalue weighted by molar-refractivity contribution is 7.89. The molecule has 0 aliphatic rings. The first-order valence-electron chi connectivity index (χ1n) is 5.88. The maximum atomic E-state index is 13.6. The van der Waals surface area contributed by atoms with Crippen LogP contribution in [0.15, 0.2) is 23.1 Å². The Morgan fingerprint density at radius 3 is 2.62 bits per heavy atom. The Kier molecular flexibility index (Phi) is 5.33. The molecule has 116 valence electrons. The zero-order valence-corrected chi connectivity index (χ0v) is 11.8. The first kappa shape index (κ1) is 17.0. The molecule has 1 aromatic carbocycles. The van der Waals surface area contributed by atoms with Crippen molar-refractivity contribution >= 4 is 21.7 Å². The molecule has 0 heterocycles. The first-order valence-corrected chi connectivity index (χ1v) is 7.36. The number of carboxylic acid groups (broad SMARTS) is 1. The van der Waals surface area contributed by atoms with Crippen molar-refractivity contribution in [3.63, 3.8) is 0 Å². The molecule has 0 radical (unpaired) electrons. The Labute approximate surface area is 119 Å². The van der Waals surface area contributed by atoms with Gasteiger partial charge in [0.2, 0.25) is 10.0 Å². The summed E-state index contributed by atoms with van der Waals surface area (Å²) < 4.78 is 39.4. The Bertz CT molecular complexity index is 661. The quantitative estimate of drug-likeness (QED) is 0.575. The van der Waals surface area contributed by atoms with E-state index in [0.717, 1.165) is 6.07 Å². The number of aliphatic carboxylic acids is 1. The van der Waals surface area contributed by atoms with Crippen molar-refractivity contribution in [2.45, 2.75) is 30.7 Å². The smallest absolute Gasteiger partial charge is 0.321 e. The number of carbonyl (C=O) groups is 1. The van der Waals surface area contributed by atoms with E-state index in [9.17, 15) is 27.7 Å². The maximum absolute atomic E-state index is 13.6. The molecule has 2 N–H and O–H groups in total. The molecule has 8 nitrogen and oxygen atoms in total. The van der Waals surface area contributed by atoms with Crippen LogP contribution in [-0.2, 0) is 14.8 Å². The predicted octanol–water partition coefficient (Wildman–Crippen LogP) is 1.27. The fraction of sp³-hybridized carbons (Fsp3) is 0.364. The van der Waals surface area contributed by atoms with E-state index in [4.69, 9.17) is 5.11 Å². The molecule has 0 saturated heterocycles. The summed E-state index contributed by atoms with van der Waals surface area (Å²) in [5.41, 5.74) is -0.612. The van der Waals surface area contributed by atoms with Crippen LogP contribution in [0, 0.1) is 15.9 Å². The minimum atomic E-state index is -4.52. The maximum Gasteiger partial charge on any atom is 0.321 e. The molecular weight excluding hydrogens is 307 g/mol. The molecule has 21 heavy (non-hydrogen) atoms. The number of hydrogen-bond acceptors (Lipinski definition) is 5. The van der Waals surface area contributed by atoms with Gasteiger partial charge in [0.25, 0.3) is 5.69 Å². The summed E-state index contributed by atoms with van der Waals surface area (Å²) in [6.45, 7) is 1.65. The van der Waals surface area contributed by atoms with Crippen LogP contribution in [0.4, 0.5) is 10.1 Å². The predicted molar refractivity (Wildman–Crippen MR) is 69.7 cm³/mol. The Morgan fingerprint density at radius 2 is 2.14 bits per heavy atom. The highest BCUT2D eigenvalue weighted by Crippen LogP contribution is 2.21. The third kappa shape index (κ3) is 4.20. The van der Waals surface area contributed by atoms with E-state index >= 15 is 0 Å². The van der Waals surface area contributed by atoms with Crippen LogP contribution >= 0.6 is 0 Å². The van der Waals surface area contributed by atoms with E-state index in [0.29, 0.717) is 18.6 Å². The van der Waals surface area contributed by atoms with Crippen LogP contribution in [0.3, 0.4) is 0 Å². The van der Waals surface area contributed by atoms with E-state index in [1.807, 2.05) is 4.72 Å². The second-order valence-corrected chi connectivity index (χ2v) is 5.86. The molecule has 10 heteroatoms.